The minimum absolute atomic E-state index is 0.0116. The standard InChI is InChI=1S/C14H12FNOS/c15-11-5-6-12-10(9-11)3-1-7-16(12)14(17)13-4-2-8-18-13/h2,4-6,8-9H,1,3,7H2. The molecule has 1 aromatic heterocycles. The lowest BCUT2D eigenvalue weighted by molar-refractivity contribution is 0.0989. The van der Waals surface area contributed by atoms with Crippen molar-refractivity contribution in [3.05, 3.63) is 52.0 Å². The van der Waals surface area contributed by atoms with Crippen LogP contribution >= 0.6 is 11.3 Å². The van der Waals surface area contributed by atoms with Crippen molar-refractivity contribution < 1.29 is 9.18 Å². The highest BCUT2D eigenvalue weighted by molar-refractivity contribution is 7.12. The third kappa shape index (κ3) is 1.93. The molecule has 1 aliphatic rings. The summed E-state index contributed by atoms with van der Waals surface area (Å²) >= 11 is 1.44. The Hall–Kier alpha value is -1.68. The Kier molecular flexibility index (Phi) is 2.88. The third-order valence-electron chi connectivity index (χ3n) is 3.14. The first kappa shape index (κ1) is 11.4. The number of benzene rings is 1. The number of aryl methyl sites for hydroxylation is 1. The third-order valence-corrected chi connectivity index (χ3v) is 4.00. The van der Waals surface area contributed by atoms with E-state index in [1.54, 1.807) is 11.0 Å². The zero-order valence-corrected chi connectivity index (χ0v) is 10.5. The second kappa shape index (κ2) is 4.53. The fraction of sp³-hybridized carbons (Fsp3) is 0.214. The van der Waals surface area contributed by atoms with Crippen LogP contribution in [0.25, 0.3) is 0 Å². The molecule has 92 valence electrons. The smallest absolute Gasteiger partial charge is 0.268 e. The minimum atomic E-state index is -0.237. The van der Waals surface area contributed by atoms with Gasteiger partial charge in [-0.05, 0) is 48.1 Å². The summed E-state index contributed by atoms with van der Waals surface area (Å²) in [7, 11) is 0. The molecule has 0 spiro atoms. The topological polar surface area (TPSA) is 20.3 Å². The molecule has 2 nitrogen and oxygen atoms in total. The van der Waals surface area contributed by atoms with Crippen LogP contribution in [0.2, 0.25) is 0 Å². The number of carbonyl (C=O) groups is 1. The highest BCUT2D eigenvalue weighted by Gasteiger charge is 2.24. The van der Waals surface area contributed by atoms with Crippen LogP contribution in [-0.2, 0) is 6.42 Å². The van der Waals surface area contributed by atoms with E-state index in [1.807, 2.05) is 17.5 Å². The normalized spacial score (nSPS) is 14.4. The van der Waals surface area contributed by atoms with E-state index >= 15 is 0 Å². The summed E-state index contributed by atoms with van der Waals surface area (Å²) in [4.78, 5) is 14.8. The number of rotatable bonds is 1. The number of amides is 1. The molecule has 0 saturated heterocycles. The molecular weight excluding hydrogens is 249 g/mol. The van der Waals surface area contributed by atoms with Crippen molar-refractivity contribution >= 4 is 22.9 Å². The number of thiophene rings is 1. The van der Waals surface area contributed by atoms with Crippen LogP contribution in [0.3, 0.4) is 0 Å². The number of carbonyl (C=O) groups excluding carboxylic acids is 1. The average Bonchev–Trinajstić information content (AvgIpc) is 2.90. The van der Waals surface area contributed by atoms with Crippen molar-refractivity contribution in [2.24, 2.45) is 0 Å². The van der Waals surface area contributed by atoms with E-state index in [4.69, 9.17) is 0 Å². The van der Waals surface area contributed by atoms with Crippen molar-refractivity contribution in [3.8, 4) is 0 Å². The van der Waals surface area contributed by atoms with Gasteiger partial charge in [-0.25, -0.2) is 4.39 Å². The lowest BCUT2D eigenvalue weighted by Gasteiger charge is -2.29. The van der Waals surface area contributed by atoms with Crippen LogP contribution in [0.4, 0.5) is 10.1 Å². The van der Waals surface area contributed by atoms with E-state index in [-0.39, 0.29) is 11.7 Å². The molecule has 0 N–H and O–H groups in total. The molecule has 0 bridgehead atoms. The molecule has 0 saturated carbocycles. The molecule has 0 unspecified atom stereocenters. The van der Waals surface area contributed by atoms with Crippen LogP contribution in [0.1, 0.15) is 21.7 Å². The van der Waals surface area contributed by atoms with Crippen LogP contribution in [0.15, 0.2) is 35.7 Å². The van der Waals surface area contributed by atoms with E-state index in [0.717, 1.165) is 29.0 Å². The van der Waals surface area contributed by atoms with Crippen molar-refractivity contribution in [3.63, 3.8) is 0 Å². The number of anilines is 1. The Labute approximate surface area is 109 Å². The summed E-state index contributed by atoms with van der Waals surface area (Å²) in [5.74, 6) is -0.225. The summed E-state index contributed by atoms with van der Waals surface area (Å²) in [6.07, 6.45) is 1.72. The lowest BCUT2D eigenvalue weighted by atomic mass is 10.0. The van der Waals surface area contributed by atoms with Gasteiger partial charge in [0.25, 0.3) is 5.91 Å². The maximum absolute atomic E-state index is 13.2. The first-order chi connectivity index (χ1) is 8.75. The van der Waals surface area contributed by atoms with Gasteiger partial charge in [0, 0.05) is 12.2 Å². The molecular formula is C14H12FNOS. The molecule has 0 fully saturated rings. The summed E-state index contributed by atoms with van der Waals surface area (Å²) in [5.41, 5.74) is 1.77. The molecule has 0 radical (unpaired) electrons. The fourth-order valence-electron chi connectivity index (χ4n) is 2.31. The van der Waals surface area contributed by atoms with E-state index in [0.29, 0.717) is 6.54 Å². The molecule has 0 atom stereocenters. The summed E-state index contributed by atoms with van der Waals surface area (Å²) in [6, 6.07) is 8.34. The Balaban J connectivity index is 1.99. The summed E-state index contributed by atoms with van der Waals surface area (Å²) in [6.45, 7) is 0.704. The van der Waals surface area contributed by atoms with Crippen LogP contribution in [-0.4, -0.2) is 12.5 Å². The molecule has 0 aliphatic carbocycles. The zero-order chi connectivity index (χ0) is 12.5. The van der Waals surface area contributed by atoms with Crippen LogP contribution in [0, 0.1) is 5.82 Å². The van der Waals surface area contributed by atoms with E-state index in [2.05, 4.69) is 0 Å². The maximum Gasteiger partial charge on any atom is 0.268 e. The van der Waals surface area contributed by atoms with E-state index in [9.17, 15) is 9.18 Å². The molecule has 18 heavy (non-hydrogen) atoms. The van der Waals surface area contributed by atoms with Gasteiger partial charge >= 0.3 is 0 Å². The fourth-order valence-corrected chi connectivity index (χ4v) is 2.98. The molecule has 4 heteroatoms. The van der Waals surface area contributed by atoms with Crippen molar-refractivity contribution in [2.75, 3.05) is 11.4 Å². The highest BCUT2D eigenvalue weighted by Crippen LogP contribution is 2.29. The Morgan fingerprint density at radius 1 is 1.33 bits per heavy atom. The first-order valence-corrected chi connectivity index (χ1v) is 6.77. The molecule has 1 amide bonds. The van der Waals surface area contributed by atoms with Gasteiger partial charge in [-0.2, -0.15) is 0 Å². The Morgan fingerprint density at radius 3 is 3.00 bits per heavy atom. The van der Waals surface area contributed by atoms with Gasteiger partial charge in [0.15, 0.2) is 0 Å². The number of hydrogen-bond donors (Lipinski definition) is 0. The molecule has 3 rings (SSSR count). The zero-order valence-electron chi connectivity index (χ0n) is 9.73. The maximum atomic E-state index is 13.2. The quantitative estimate of drug-likeness (QED) is 0.769. The summed E-state index contributed by atoms with van der Waals surface area (Å²) in [5, 5.41) is 1.89. The van der Waals surface area contributed by atoms with E-state index < -0.39 is 0 Å². The number of nitrogens with zero attached hydrogens (tertiary/aromatic N) is 1. The Bertz CT molecular complexity index is 579. The second-order valence-electron chi connectivity index (χ2n) is 4.31. The Morgan fingerprint density at radius 2 is 2.22 bits per heavy atom. The SMILES string of the molecule is O=C(c1cccs1)N1CCCc2cc(F)ccc21. The lowest BCUT2D eigenvalue weighted by Crippen LogP contribution is -2.35. The van der Waals surface area contributed by atoms with Crippen LogP contribution < -0.4 is 4.90 Å². The van der Waals surface area contributed by atoms with Crippen molar-refractivity contribution in [1.29, 1.82) is 0 Å². The molecule has 2 aromatic rings. The second-order valence-corrected chi connectivity index (χ2v) is 5.26. The monoisotopic (exact) mass is 261 g/mol. The largest absolute Gasteiger partial charge is 0.307 e. The van der Waals surface area contributed by atoms with Crippen molar-refractivity contribution in [2.45, 2.75) is 12.8 Å². The van der Waals surface area contributed by atoms with Crippen LogP contribution in [0.5, 0.6) is 0 Å². The predicted molar refractivity (Wildman–Crippen MR) is 70.7 cm³/mol. The van der Waals surface area contributed by atoms with Crippen molar-refractivity contribution in [1.82, 2.24) is 0 Å². The highest BCUT2D eigenvalue weighted by atomic mass is 32.1. The first-order valence-electron chi connectivity index (χ1n) is 5.89. The van der Waals surface area contributed by atoms with Gasteiger partial charge in [0.1, 0.15) is 5.82 Å². The van der Waals surface area contributed by atoms with Gasteiger partial charge in [0.05, 0.1) is 4.88 Å². The predicted octanol–water partition coefficient (Wildman–Crippen LogP) is 3.48. The average molecular weight is 261 g/mol. The number of fused-ring (bicyclic) bond motifs is 1. The number of hydrogen-bond acceptors (Lipinski definition) is 2. The van der Waals surface area contributed by atoms with Gasteiger partial charge in [-0.3, -0.25) is 4.79 Å². The van der Waals surface area contributed by atoms with Gasteiger partial charge < -0.3 is 4.90 Å². The van der Waals surface area contributed by atoms with Gasteiger partial charge in [-0.1, -0.05) is 6.07 Å². The summed E-state index contributed by atoms with van der Waals surface area (Å²) < 4.78 is 13.2. The van der Waals surface area contributed by atoms with Gasteiger partial charge in [-0.15, -0.1) is 11.3 Å². The molecule has 1 aromatic carbocycles. The molecule has 1 aliphatic heterocycles. The number of halogens is 1. The van der Waals surface area contributed by atoms with E-state index in [1.165, 1.54) is 23.5 Å². The van der Waals surface area contributed by atoms with Gasteiger partial charge in [0.2, 0.25) is 0 Å². The molecule has 2 heterocycles. The minimum Gasteiger partial charge on any atom is -0.307 e.